The predicted octanol–water partition coefficient (Wildman–Crippen LogP) is 4.66. The van der Waals surface area contributed by atoms with Crippen LogP contribution in [0.4, 0.5) is 0 Å². The summed E-state index contributed by atoms with van der Waals surface area (Å²) in [5.41, 5.74) is 3.76. The number of ether oxygens (including phenoxy) is 1. The van der Waals surface area contributed by atoms with Gasteiger partial charge in [-0.1, -0.05) is 36.0 Å². The number of amides is 1. The van der Waals surface area contributed by atoms with E-state index in [9.17, 15) is 9.59 Å². The van der Waals surface area contributed by atoms with Gasteiger partial charge >= 0.3 is 0 Å². The van der Waals surface area contributed by atoms with Crippen LogP contribution in [-0.4, -0.2) is 34.4 Å². The molecule has 1 aromatic carbocycles. The number of nitrogens with zero attached hydrogens (tertiary/aromatic N) is 2. The minimum Gasteiger partial charge on any atom is -0.385 e. The molecule has 2 unspecified atom stereocenters. The van der Waals surface area contributed by atoms with Gasteiger partial charge in [0.1, 0.15) is 4.83 Å². The van der Waals surface area contributed by atoms with Crippen molar-refractivity contribution in [3.8, 4) is 0 Å². The molecule has 2 atom stereocenters. The fourth-order valence-corrected chi connectivity index (χ4v) is 7.36. The van der Waals surface area contributed by atoms with E-state index in [4.69, 9.17) is 9.72 Å². The van der Waals surface area contributed by atoms with Gasteiger partial charge in [0.15, 0.2) is 5.16 Å². The first kappa shape index (κ1) is 23.6. The zero-order valence-corrected chi connectivity index (χ0v) is 21.4. The average molecular weight is 498 g/mol. The first-order valence-corrected chi connectivity index (χ1v) is 13.8. The van der Waals surface area contributed by atoms with Crippen molar-refractivity contribution in [2.24, 2.45) is 0 Å². The van der Waals surface area contributed by atoms with Gasteiger partial charge in [-0.3, -0.25) is 14.2 Å². The summed E-state index contributed by atoms with van der Waals surface area (Å²) in [6.07, 6.45) is 6.91. The molecule has 2 heterocycles. The summed E-state index contributed by atoms with van der Waals surface area (Å²) in [7, 11) is 1.67. The van der Waals surface area contributed by atoms with Gasteiger partial charge in [0.05, 0.1) is 16.7 Å². The van der Waals surface area contributed by atoms with Crippen molar-refractivity contribution in [2.75, 3.05) is 13.7 Å². The Morgan fingerprint density at radius 2 is 2.15 bits per heavy atom. The van der Waals surface area contributed by atoms with Crippen LogP contribution in [0.25, 0.3) is 10.2 Å². The van der Waals surface area contributed by atoms with E-state index in [-0.39, 0.29) is 22.8 Å². The lowest BCUT2D eigenvalue weighted by atomic mass is 9.88. The molecule has 8 heteroatoms. The number of carbonyl (C=O) groups is 1. The Hall–Kier alpha value is -2.16. The molecule has 0 spiro atoms. The van der Waals surface area contributed by atoms with Crippen LogP contribution >= 0.6 is 23.1 Å². The standard InChI is InChI=1S/C26H31N3O3S2/c1-16(23(30)27-20-12-5-9-17-8-3-4-10-18(17)20)33-26-28-24-22(19-11-6-13-21(19)34-24)25(31)29(26)14-7-15-32-2/h3-4,8,10,16,20H,5-7,9,11-15H2,1-2H3,(H,27,30). The summed E-state index contributed by atoms with van der Waals surface area (Å²) in [6, 6.07) is 8.42. The Bertz CT molecular complexity index is 1270. The highest BCUT2D eigenvalue weighted by Crippen LogP contribution is 2.36. The zero-order chi connectivity index (χ0) is 23.7. The van der Waals surface area contributed by atoms with Crippen LogP contribution in [0.15, 0.2) is 34.2 Å². The summed E-state index contributed by atoms with van der Waals surface area (Å²) in [5, 5.41) is 4.31. The van der Waals surface area contributed by atoms with Crippen molar-refractivity contribution < 1.29 is 9.53 Å². The molecule has 0 radical (unpaired) electrons. The molecule has 2 aliphatic rings. The van der Waals surface area contributed by atoms with Crippen LogP contribution in [0.5, 0.6) is 0 Å². The van der Waals surface area contributed by atoms with Gasteiger partial charge in [0.2, 0.25) is 5.91 Å². The molecular formula is C26H31N3O3S2. The van der Waals surface area contributed by atoms with Crippen molar-refractivity contribution >= 4 is 39.2 Å². The Kier molecular flexibility index (Phi) is 7.09. The first-order chi connectivity index (χ1) is 16.6. The van der Waals surface area contributed by atoms with Crippen molar-refractivity contribution in [1.29, 1.82) is 0 Å². The van der Waals surface area contributed by atoms with E-state index < -0.39 is 0 Å². The van der Waals surface area contributed by atoms with Crippen LogP contribution in [0.3, 0.4) is 0 Å². The van der Waals surface area contributed by atoms with Gasteiger partial charge in [0, 0.05) is 25.1 Å². The van der Waals surface area contributed by atoms with Gasteiger partial charge in [-0.2, -0.15) is 0 Å². The SMILES string of the molecule is COCCCn1c(SC(C)C(=O)NC2CCCc3ccccc32)nc2sc3c(c2c1=O)CCC3. The summed E-state index contributed by atoms with van der Waals surface area (Å²) in [6.45, 7) is 3.01. The molecule has 0 saturated heterocycles. The van der Waals surface area contributed by atoms with E-state index in [0.29, 0.717) is 18.3 Å². The minimum absolute atomic E-state index is 0.0156. The number of hydrogen-bond donors (Lipinski definition) is 1. The molecule has 6 nitrogen and oxygen atoms in total. The molecule has 5 rings (SSSR count). The number of aryl methyl sites for hydroxylation is 3. The van der Waals surface area contributed by atoms with Crippen LogP contribution in [-0.2, 0) is 35.3 Å². The largest absolute Gasteiger partial charge is 0.385 e. The summed E-state index contributed by atoms with van der Waals surface area (Å²) in [4.78, 5) is 33.8. The molecule has 2 aliphatic carbocycles. The highest BCUT2D eigenvalue weighted by Gasteiger charge is 2.27. The first-order valence-electron chi connectivity index (χ1n) is 12.2. The highest BCUT2D eigenvalue weighted by molar-refractivity contribution is 8.00. The average Bonchev–Trinajstić information content (AvgIpc) is 3.42. The molecule has 0 aliphatic heterocycles. The monoisotopic (exact) mass is 497 g/mol. The van der Waals surface area contributed by atoms with Gasteiger partial charge < -0.3 is 10.1 Å². The maximum absolute atomic E-state index is 13.5. The Morgan fingerprint density at radius 1 is 1.29 bits per heavy atom. The molecule has 0 bridgehead atoms. The number of thioether (sulfide) groups is 1. The second kappa shape index (κ2) is 10.2. The number of methoxy groups -OCH3 is 1. The number of benzene rings is 1. The lowest BCUT2D eigenvalue weighted by Crippen LogP contribution is -2.36. The van der Waals surface area contributed by atoms with Crippen LogP contribution in [0.2, 0.25) is 0 Å². The number of hydrogen-bond acceptors (Lipinski definition) is 6. The zero-order valence-electron chi connectivity index (χ0n) is 19.8. The van der Waals surface area contributed by atoms with Crippen LogP contribution in [0.1, 0.15) is 60.2 Å². The van der Waals surface area contributed by atoms with Gasteiger partial charge in [-0.15, -0.1) is 11.3 Å². The molecule has 0 saturated carbocycles. The number of carbonyl (C=O) groups excluding carboxylic acids is 1. The smallest absolute Gasteiger partial charge is 0.263 e. The van der Waals surface area contributed by atoms with Gasteiger partial charge in [0.25, 0.3) is 5.56 Å². The summed E-state index contributed by atoms with van der Waals surface area (Å²) in [5.74, 6) is -0.0156. The Labute approximate surface area is 208 Å². The van der Waals surface area contributed by atoms with Crippen molar-refractivity contribution in [2.45, 2.75) is 74.9 Å². The fourth-order valence-electron chi connectivity index (χ4n) is 5.12. The molecule has 34 heavy (non-hydrogen) atoms. The van der Waals surface area contributed by atoms with Crippen LogP contribution < -0.4 is 10.9 Å². The molecule has 1 amide bonds. The second-order valence-electron chi connectivity index (χ2n) is 9.15. The number of rotatable bonds is 8. The van der Waals surface area contributed by atoms with E-state index in [0.717, 1.165) is 55.2 Å². The van der Waals surface area contributed by atoms with E-state index in [2.05, 4.69) is 23.5 Å². The highest BCUT2D eigenvalue weighted by atomic mass is 32.2. The molecule has 1 N–H and O–H groups in total. The summed E-state index contributed by atoms with van der Waals surface area (Å²) >= 11 is 3.03. The molecule has 3 aromatic rings. The van der Waals surface area contributed by atoms with Crippen LogP contribution in [0, 0.1) is 0 Å². The number of fused-ring (bicyclic) bond motifs is 4. The normalized spacial score (nSPS) is 18.0. The molecular weight excluding hydrogens is 466 g/mol. The fraction of sp³-hybridized carbons (Fsp3) is 0.500. The third kappa shape index (κ3) is 4.55. The summed E-state index contributed by atoms with van der Waals surface area (Å²) < 4.78 is 6.98. The van der Waals surface area contributed by atoms with Crippen molar-refractivity contribution in [1.82, 2.24) is 14.9 Å². The minimum atomic E-state index is -0.362. The molecule has 2 aromatic heterocycles. The second-order valence-corrected chi connectivity index (χ2v) is 11.5. The predicted molar refractivity (Wildman–Crippen MR) is 138 cm³/mol. The van der Waals surface area contributed by atoms with Gasteiger partial charge in [-0.05, 0) is 68.6 Å². The van der Waals surface area contributed by atoms with Crippen molar-refractivity contribution in [3.05, 3.63) is 56.2 Å². The number of nitrogens with one attached hydrogen (secondary N) is 1. The third-order valence-corrected chi connectivity index (χ3v) is 9.13. The third-order valence-electron chi connectivity index (χ3n) is 6.86. The van der Waals surface area contributed by atoms with E-state index in [1.807, 2.05) is 13.0 Å². The lowest BCUT2D eigenvalue weighted by molar-refractivity contribution is -0.121. The Balaban J connectivity index is 1.39. The molecule has 0 fully saturated rings. The van der Waals surface area contributed by atoms with E-state index in [1.54, 1.807) is 23.0 Å². The van der Waals surface area contributed by atoms with E-state index >= 15 is 0 Å². The topological polar surface area (TPSA) is 73.2 Å². The van der Waals surface area contributed by atoms with E-state index in [1.165, 1.54) is 33.3 Å². The van der Waals surface area contributed by atoms with Gasteiger partial charge in [-0.25, -0.2) is 4.98 Å². The number of thiophene rings is 1. The Morgan fingerprint density at radius 3 is 3.00 bits per heavy atom. The lowest BCUT2D eigenvalue weighted by Gasteiger charge is -2.27. The van der Waals surface area contributed by atoms with Crippen molar-refractivity contribution in [3.63, 3.8) is 0 Å². The molecule has 180 valence electrons. The quantitative estimate of drug-likeness (QED) is 0.278. The maximum Gasteiger partial charge on any atom is 0.263 e. The number of aromatic nitrogens is 2. The maximum atomic E-state index is 13.5.